The van der Waals surface area contributed by atoms with Gasteiger partial charge in [-0.1, -0.05) is 39.8 Å². The van der Waals surface area contributed by atoms with Crippen molar-refractivity contribution in [3.63, 3.8) is 0 Å². The van der Waals surface area contributed by atoms with Crippen molar-refractivity contribution < 1.29 is 50.6 Å². The van der Waals surface area contributed by atoms with Crippen LogP contribution in [0.1, 0.15) is 119 Å². The van der Waals surface area contributed by atoms with Crippen molar-refractivity contribution in [3.05, 3.63) is 88.5 Å². The van der Waals surface area contributed by atoms with Crippen molar-refractivity contribution in [2.24, 2.45) is 11.8 Å². The van der Waals surface area contributed by atoms with Crippen LogP contribution in [0.25, 0.3) is 22.1 Å². The SMILES string of the molecule is COC(=O)NC(C(=O)N1CCC[C@H]1c1nc2cc([C@H]3CC[C@@H](c4ccc5[nH]c([C@@H]6CCCN6C(=O)[C@@H](NC(=O)OC)C(C)C)nc5c4)N3c3cc(F)c(C(F)(F)F)cc3F)ccc2[nH]1)C(C)C. The number of anilines is 1. The Labute approximate surface area is 383 Å². The van der Waals surface area contributed by atoms with Crippen LogP contribution in [0.4, 0.5) is 37.2 Å². The summed E-state index contributed by atoms with van der Waals surface area (Å²) in [4.78, 5) is 73.4. The lowest BCUT2D eigenvalue weighted by atomic mass is 10.0. The number of alkyl halides is 3. The first-order valence-electron chi connectivity index (χ1n) is 22.5. The van der Waals surface area contributed by atoms with Crippen molar-refractivity contribution in [1.82, 2.24) is 40.4 Å². The number of alkyl carbamates (subject to hydrolysis) is 2. The summed E-state index contributed by atoms with van der Waals surface area (Å²) in [7, 11) is 2.46. The molecule has 8 rings (SSSR count). The number of aromatic amines is 2. The van der Waals surface area contributed by atoms with E-state index in [0.717, 1.165) is 0 Å². The van der Waals surface area contributed by atoms with Gasteiger partial charge in [-0.2, -0.15) is 13.2 Å². The van der Waals surface area contributed by atoms with Crippen LogP contribution in [0.3, 0.4) is 0 Å². The molecule has 0 aliphatic carbocycles. The highest BCUT2D eigenvalue weighted by atomic mass is 19.4. The second kappa shape index (κ2) is 18.7. The van der Waals surface area contributed by atoms with Gasteiger partial charge in [-0.3, -0.25) is 9.59 Å². The lowest BCUT2D eigenvalue weighted by Gasteiger charge is -2.34. The van der Waals surface area contributed by atoms with E-state index in [9.17, 15) is 32.3 Å². The van der Waals surface area contributed by atoms with Gasteiger partial charge in [-0.05, 0) is 91.8 Å². The molecule has 0 spiro atoms. The smallest absolute Gasteiger partial charge is 0.419 e. The number of likely N-dealkylation sites (tertiary alicyclic amines) is 2. The maximum Gasteiger partial charge on any atom is 0.419 e. The second-order valence-electron chi connectivity index (χ2n) is 18.2. The number of fused-ring (bicyclic) bond motifs is 2. The number of imidazole rings is 2. The van der Waals surface area contributed by atoms with Gasteiger partial charge in [-0.25, -0.2) is 28.3 Å². The number of hydrogen-bond donors (Lipinski definition) is 4. The molecule has 5 heterocycles. The number of rotatable bonds is 11. The van der Waals surface area contributed by atoms with Crippen molar-refractivity contribution in [2.75, 3.05) is 32.2 Å². The second-order valence-corrected chi connectivity index (χ2v) is 18.2. The Kier molecular flexibility index (Phi) is 13.1. The fourth-order valence-electron chi connectivity index (χ4n) is 9.95. The fraction of sp³-hybridized carbons (Fsp3) is 0.489. The maximum absolute atomic E-state index is 16.2. The van der Waals surface area contributed by atoms with Crippen molar-refractivity contribution in [1.29, 1.82) is 0 Å². The summed E-state index contributed by atoms with van der Waals surface area (Å²) >= 11 is 0. The van der Waals surface area contributed by atoms with Gasteiger partial charge in [0.05, 0.1) is 71.7 Å². The van der Waals surface area contributed by atoms with Gasteiger partial charge < -0.3 is 44.8 Å². The van der Waals surface area contributed by atoms with Crippen LogP contribution in [-0.2, 0) is 25.2 Å². The molecule has 4 N–H and O–H groups in total. The zero-order chi connectivity index (χ0) is 48.1. The molecule has 1 unspecified atom stereocenters. The monoisotopic (exact) mass is 935 g/mol. The highest BCUT2D eigenvalue weighted by molar-refractivity contribution is 5.87. The molecule has 6 atom stereocenters. The number of nitrogens with one attached hydrogen (secondary N) is 4. The van der Waals surface area contributed by atoms with Crippen LogP contribution < -0.4 is 15.5 Å². The molecule has 0 bridgehead atoms. The van der Waals surface area contributed by atoms with Crippen LogP contribution in [0.15, 0.2) is 48.5 Å². The number of aromatic nitrogens is 4. The summed E-state index contributed by atoms with van der Waals surface area (Å²) < 4.78 is 82.6. The minimum absolute atomic E-state index is 0.196. The standard InChI is InChI=1S/C47H54F5N9O6/c1-23(2)39(57-45(64)66-5)43(62)59-17-7-9-36(59)41-53-30-13-11-25(19-32(30)55-41)34-15-16-35(61(34)38-22-28(48)27(21-29(38)49)47(50,51)52)26-12-14-31-33(20-26)56-42(54-31)37-10-8-18-60(37)44(63)40(24(3)4)58-46(65)67-6/h11-14,19-24,34-37,39-40H,7-10,15-18H2,1-6H3,(H,53,55)(H,54,56)(H,57,64)(H,58,65)/t34-,35+,36-,37-,39-,40?/m0/s1. The number of nitrogens with zero attached hydrogens (tertiary/aromatic N) is 5. The largest absolute Gasteiger partial charge is 0.453 e. The lowest BCUT2D eigenvalue weighted by molar-refractivity contribution is -0.140. The molecule has 3 aliphatic rings. The van der Waals surface area contributed by atoms with Gasteiger partial charge in [0.15, 0.2) is 0 Å². The van der Waals surface area contributed by atoms with Gasteiger partial charge in [-0.15, -0.1) is 0 Å². The molecule has 3 aliphatic heterocycles. The minimum atomic E-state index is -5.13. The average molecular weight is 936 g/mol. The predicted octanol–water partition coefficient (Wildman–Crippen LogP) is 8.91. The summed E-state index contributed by atoms with van der Waals surface area (Å²) in [6, 6.07) is 7.89. The van der Waals surface area contributed by atoms with Gasteiger partial charge in [0, 0.05) is 19.2 Å². The quantitative estimate of drug-likeness (QED) is 0.0942. The molecule has 4 amide bonds. The number of benzene rings is 3. The molecule has 3 fully saturated rings. The average Bonchev–Trinajstić information content (AvgIpc) is 4.15. The molecular weight excluding hydrogens is 882 g/mol. The van der Waals surface area contributed by atoms with Crippen molar-refractivity contribution in [3.8, 4) is 0 Å². The van der Waals surface area contributed by atoms with Crippen LogP contribution in [0.2, 0.25) is 0 Å². The molecule has 2 aromatic heterocycles. The molecular formula is C47H54F5N9O6. The van der Waals surface area contributed by atoms with E-state index >= 15 is 8.78 Å². The third-order valence-corrected chi connectivity index (χ3v) is 13.3. The molecule has 0 radical (unpaired) electrons. The molecule has 67 heavy (non-hydrogen) atoms. The molecule has 358 valence electrons. The lowest BCUT2D eigenvalue weighted by Crippen LogP contribution is -2.51. The number of halogens is 5. The van der Waals surface area contributed by atoms with E-state index in [1.54, 1.807) is 26.8 Å². The highest BCUT2D eigenvalue weighted by Gasteiger charge is 2.42. The first-order valence-corrected chi connectivity index (χ1v) is 22.5. The van der Waals surface area contributed by atoms with Crippen molar-refractivity contribution >= 4 is 51.8 Å². The summed E-state index contributed by atoms with van der Waals surface area (Å²) in [5, 5.41) is 5.29. The van der Waals surface area contributed by atoms with E-state index < -0.39 is 71.8 Å². The Morgan fingerprint density at radius 2 is 1.10 bits per heavy atom. The summed E-state index contributed by atoms with van der Waals surface area (Å²) in [6.07, 6.45) is -3.11. The van der Waals surface area contributed by atoms with E-state index in [2.05, 4.69) is 20.6 Å². The molecule has 3 aromatic carbocycles. The first kappa shape index (κ1) is 47.0. The summed E-state index contributed by atoms with van der Waals surface area (Å²) in [5.74, 6) is -2.78. The van der Waals surface area contributed by atoms with Crippen LogP contribution in [-0.4, -0.2) is 93.1 Å². The Balaban J connectivity index is 1.12. The third kappa shape index (κ3) is 9.18. The number of H-pyrrole nitrogens is 2. The Morgan fingerprint density at radius 3 is 1.51 bits per heavy atom. The number of hydrogen-bond acceptors (Lipinski definition) is 9. The van der Waals surface area contributed by atoms with Crippen LogP contribution >= 0.6 is 0 Å². The number of carbonyl (C=O) groups excluding carboxylic acids is 4. The van der Waals surface area contributed by atoms with E-state index in [-0.39, 0.29) is 35.4 Å². The molecule has 20 heteroatoms. The van der Waals surface area contributed by atoms with E-state index in [4.69, 9.17) is 19.4 Å². The van der Waals surface area contributed by atoms with Crippen LogP contribution in [0, 0.1) is 23.5 Å². The van der Waals surface area contributed by atoms with Gasteiger partial charge in [0.25, 0.3) is 0 Å². The van der Waals surface area contributed by atoms with Crippen LogP contribution in [0.5, 0.6) is 0 Å². The molecule has 0 saturated carbocycles. The van der Waals surface area contributed by atoms with Crippen molar-refractivity contribution in [2.45, 2.75) is 109 Å². The van der Waals surface area contributed by atoms with E-state index in [1.165, 1.54) is 14.2 Å². The van der Waals surface area contributed by atoms with Gasteiger partial charge >= 0.3 is 18.4 Å². The summed E-state index contributed by atoms with van der Waals surface area (Å²) in [5.41, 5.74) is 1.64. The maximum atomic E-state index is 16.2. The van der Waals surface area contributed by atoms with E-state index in [0.29, 0.717) is 103 Å². The zero-order valence-electron chi connectivity index (χ0n) is 38.0. The third-order valence-electron chi connectivity index (χ3n) is 13.3. The molecule has 5 aromatic rings. The minimum Gasteiger partial charge on any atom is -0.453 e. The molecule has 3 saturated heterocycles. The number of carbonyl (C=O) groups is 4. The summed E-state index contributed by atoms with van der Waals surface area (Å²) in [6.45, 7) is 8.20. The highest BCUT2D eigenvalue weighted by Crippen LogP contribution is 2.49. The van der Waals surface area contributed by atoms with Gasteiger partial charge in [0.1, 0.15) is 35.4 Å². The number of methoxy groups -OCH3 is 2. The Bertz CT molecular complexity index is 2540. The number of amides is 4. The predicted molar refractivity (Wildman–Crippen MR) is 236 cm³/mol. The molecule has 15 nitrogen and oxygen atoms in total. The number of ether oxygens (including phenoxy) is 2. The topological polar surface area (TPSA) is 178 Å². The Morgan fingerprint density at radius 1 is 0.657 bits per heavy atom. The Hall–Kier alpha value is -6.47. The zero-order valence-corrected chi connectivity index (χ0v) is 38.0. The normalized spacial score (nSPS) is 20.9. The van der Waals surface area contributed by atoms with Gasteiger partial charge in [0.2, 0.25) is 11.8 Å². The first-order chi connectivity index (χ1) is 31.9. The van der Waals surface area contributed by atoms with E-state index in [1.807, 2.05) is 52.0 Å². The fourth-order valence-corrected chi connectivity index (χ4v) is 9.95.